The lowest BCUT2D eigenvalue weighted by molar-refractivity contribution is -0.118. The number of rotatable bonds is 4. The molecule has 0 aliphatic carbocycles. The second-order valence-electron chi connectivity index (χ2n) is 6.60. The number of carbonyl (C=O) groups excluding carboxylic acids is 1. The summed E-state index contributed by atoms with van der Waals surface area (Å²) >= 11 is 1.27. The molecule has 0 fully saturated rings. The minimum atomic E-state index is -0.364. The zero-order valence-corrected chi connectivity index (χ0v) is 15.8. The van der Waals surface area contributed by atoms with Gasteiger partial charge in [0.2, 0.25) is 11.1 Å². The van der Waals surface area contributed by atoms with Crippen LogP contribution in [-0.4, -0.2) is 32.4 Å². The molecule has 2 unspecified atom stereocenters. The fourth-order valence-corrected chi connectivity index (χ4v) is 4.15. The van der Waals surface area contributed by atoms with E-state index in [1.165, 1.54) is 23.4 Å². The van der Waals surface area contributed by atoms with E-state index in [1.54, 1.807) is 18.2 Å². The lowest BCUT2D eigenvalue weighted by Gasteiger charge is -2.25. The lowest BCUT2D eigenvalue weighted by atomic mass is 10.1. The van der Waals surface area contributed by atoms with Gasteiger partial charge in [-0.05, 0) is 44.0 Å². The van der Waals surface area contributed by atoms with E-state index < -0.39 is 0 Å². The Morgan fingerprint density at radius 3 is 2.81 bits per heavy atom. The van der Waals surface area contributed by atoms with Crippen molar-refractivity contribution >= 4 is 23.4 Å². The number of anilines is 1. The summed E-state index contributed by atoms with van der Waals surface area (Å²) < 4.78 is 13.9. The fourth-order valence-electron chi connectivity index (χ4n) is 3.38. The molecule has 2 atom stereocenters. The molecule has 1 amide bonds. The topological polar surface area (TPSA) is 61.9 Å². The molecule has 2 aromatic carbocycles. The van der Waals surface area contributed by atoms with Crippen LogP contribution in [0, 0.1) is 5.82 Å². The van der Waals surface area contributed by atoms with E-state index in [-0.39, 0.29) is 23.0 Å². The molecule has 1 aliphatic rings. The number of thioether (sulfide) groups is 1. The number of halogens is 1. The number of nitrogens with zero attached hydrogens (tertiary/aromatic N) is 3. The highest BCUT2D eigenvalue weighted by Crippen LogP contribution is 2.34. The number of hydrogen-bond acceptors (Lipinski definition) is 4. The van der Waals surface area contributed by atoms with E-state index in [4.69, 9.17) is 0 Å². The maximum absolute atomic E-state index is 13.9. The molecule has 3 aromatic rings. The van der Waals surface area contributed by atoms with Gasteiger partial charge in [-0.25, -0.2) is 9.37 Å². The third kappa shape index (κ3) is 3.35. The average Bonchev–Trinajstić information content (AvgIpc) is 3.25. The van der Waals surface area contributed by atoms with Gasteiger partial charge in [-0.2, -0.15) is 0 Å². The zero-order valence-electron chi connectivity index (χ0n) is 15.0. The van der Waals surface area contributed by atoms with Gasteiger partial charge < -0.3 is 4.90 Å². The highest BCUT2D eigenvalue weighted by atomic mass is 32.2. The summed E-state index contributed by atoms with van der Waals surface area (Å²) in [5.74, 6) is 0.0154. The normalized spacial score (nSPS) is 17.0. The Kier molecular flexibility index (Phi) is 4.70. The molecule has 27 heavy (non-hydrogen) atoms. The number of hydrogen-bond donors (Lipinski definition) is 1. The number of aromatic nitrogens is 3. The molecule has 1 aromatic heterocycles. The van der Waals surface area contributed by atoms with Crippen molar-refractivity contribution < 1.29 is 9.18 Å². The van der Waals surface area contributed by atoms with Crippen molar-refractivity contribution in [1.82, 2.24) is 15.2 Å². The first-order chi connectivity index (χ1) is 13.0. The number of amides is 1. The van der Waals surface area contributed by atoms with Crippen molar-refractivity contribution in [2.24, 2.45) is 0 Å². The SMILES string of the molecule is CC(Sc1n[nH]c(-c2ccccc2F)n1)C(=O)N1c2ccccc2CC1C. The summed E-state index contributed by atoms with van der Waals surface area (Å²) in [6.07, 6.45) is 0.859. The first-order valence-electron chi connectivity index (χ1n) is 8.79. The summed E-state index contributed by atoms with van der Waals surface area (Å²) in [5.41, 5.74) is 2.53. The summed E-state index contributed by atoms with van der Waals surface area (Å²) in [7, 11) is 0. The van der Waals surface area contributed by atoms with Gasteiger partial charge in [0.15, 0.2) is 5.82 Å². The Morgan fingerprint density at radius 2 is 2.00 bits per heavy atom. The summed E-state index contributed by atoms with van der Waals surface area (Å²) in [6.45, 7) is 3.90. The second kappa shape index (κ2) is 7.15. The van der Waals surface area contributed by atoms with E-state index in [0.29, 0.717) is 16.5 Å². The predicted octanol–water partition coefficient (Wildman–Crippen LogP) is 4.07. The monoisotopic (exact) mass is 382 g/mol. The summed E-state index contributed by atoms with van der Waals surface area (Å²) in [5, 5.41) is 6.96. The van der Waals surface area contributed by atoms with Crippen LogP contribution in [0.5, 0.6) is 0 Å². The Morgan fingerprint density at radius 1 is 1.26 bits per heavy atom. The highest BCUT2D eigenvalue weighted by Gasteiger charge is 2.33. The third-order valence-corrected chi connectivity index (χ3v) is 5.62. The number of carbonyl (C=O) groups is 1. The minimum Gasteiger partial charge on any atom is -0.308 e. The van der Waals surface area contributed by atoms with Crippen LogP contribution in [0.2, 0.25) is 0 Å². The first-order valence-corrected chi connectivity index (χ1v) is 9.67. The van der Waals surface area contributed by atoms with E-state index in [9.17, 15) is 9.18 Å². The van der Waals surface area contributed by atoms with E-state index >= 15 is 0 Å². The quantitative estimate of drug-likeness (QED) is 0.691. The Labute approximate surface area is 161 Å². The zero-order chi connectivity index (χ0) is 19.0. The van der Waals surface area contributed by atoms with Gasteiger partial charge >= 0.3 is 0 Å². The maximum Gasteiger partial charge on any atom is 0.240 e. The fraction of sp³-hybridized carbons (Fsp3) is 0.250. The molecule has 1 N–H and O–H groups in total. The van der Waals surface area contributed by atoms with Gasteiger partial charge in [-0.1, -0.05) is 42.1 Å². The van der Waals surface area contributed by atoms with Crippen LogP contribution in [0.15, 0.2) is 53.7 Å². The van der Waals surface area contributed by atoms with Crippen molar-refractivity contribution in [3.8, 4) is 11.4 Å². The summed E-state index contributed by atoms with van der Waals surface area (Å²) in [6, 6.07) is 14.5. The number of nitrogens with one attached hydrogen (secondary N) is 1. The molecule has 0 spiro atoms. The summed E-state index contributed by atoms with van der Waals surface area (Å²) in [4.78, 5) is 19.2. The third-order valence-electron chi connectivity index (χ3n) is 4.67. The van der Waals surface area contributed by atoms with Crippen LogP contribution >= 0.6 is 11.8 Å². The molecule has 7 heteroatoms. The van der Waals surface area contributed by atoms with Crippen LogP contribution in [0.1, 0.15) is 19.4 Å². The Balaban J connectivity index is 1.51. The van der Waals surface area contributed by atoms with E-state index in [2.05, 4.69) is 28.2 Å². The number of aromatic amines is 1. The van der Waals surface area contributed by atoms with Crippen molar-refractivity contribution in [2.45, 2.75) is 36.7 Å². The molecule has 138 valence electrons. The molecule has 1 aliphatic heterocycles. The Bertz CT molecular complexity index is 989. The first kappa shape index (κ1) is 17.7. The van der Waals surface area contributed by atoms with Crippen LogP contribution in [0.4, 0.5) is 10.1 Å². The van der Waals surface area contributed by atoms with Crippen LogP contribution in [-0.2, 0) is 11.2 Å². The van der Waals surface area contributed by atoms with Crippen molar-refractivity contribution in [2.75, 3.05) is 4.90 Å². The standard InChI is InChI=1S/C20H19FN4OS/c1-12-11-14-7-3-6-10-17(14)25(12)19(26)13(2)27-20-22-18(23-24-20)15-8-4-5-9-16(15)21/h3-10,12-13H,11H2,1-2H3,(H,22,23,24). The van der Waals surface area contributed by atoms with Crippen molar-refractivity contribution in [3.63, 3.8) is 0 Å². The molecule has 0 saturated carbocycles. The van der Waals surface area contributed by atoms with Crippen molar-refractivity contribution in [3.05, 3.63) is 59.9 Å². The average molecular weight is 382 g/mol. The van der Waals surface area contributed by atoms with Crippen LogP contribution in [0.25, 0.3) is 11.4 Å². The molecular formula is C20H19FN4OS. The van der Waals surface area contributed by atoms with Gasteiger partial charge in [0.25, 0.3) is 0 Å². The second-order valence-corrected chi connectivity index (χ2v) is 7.90. The van der Waals surface area contributed by atoms with Gasteiger partial charge in [-0.15, -0.1) is 5.10 Å². The van der Waals surface area contributed by atoms with Gasteiger partial charge in [0, 0.05) is 11.7 Å². The molecule has 2 heterocycles. The lowest BCUT2D eigenvalue weighted by Crippen LogP contribution is -2.40. The van der Waals surface area contributed by atoms with E-state index in [0.717, 1.165) is 12.1 Å². The number of para-hydroxylation sites is 1. The molecular weight excluding hydrogens is 363 g/mol. The number of H-pyrrole nitrogens is 1. The predicted molar refractivity (Wildman–Crippen MR) is 104 cm³/mol. The molecule has 4 rings (SSSR count). The molecule has 5 nitrogen and oxygen atoms in total. The molecule has 0 bridgehead atoms. The van der Waals surface area contributed by atoms with Crippen LogP contribution < -0.4 is 4.90 Å². The van der Waals surface area contributed by atoms with Gasteiger partial charge in [0.1, 0.15) is 5.82 Å². The van der Waals surface area contributed by atoms with Crippen molar-refractivity contribution in [1.29, 1.82) is 0 Å². The largest absolute Gasteiger partial charge is 0.308 e. The number of benzene rings is 2. The number of fused-ring (bicyclic) bond motifs is 1. The minimum absolute atomic E-state index is 0.0229. The molecule has 0 saturated heterocycles. The highest BCUT2D eigenvalue weighted by molar-refractivity contribution is 8.00. The molecule has 0 radical (unpaired) electrons. The van der Waals surface area contributed by atoms with Gasteiger partial charge in [0.05, 0.1) is 10.8 Å². The Hall–Kier alpha value is -2.67. The van der Waals surface area contributed by atoms with E-state index in [1.807, 2.05) is 30.0 Å². The van der Waals surface area contributed by atoms with Gasteiger partial charge in [-0.3, -0.25) is 9.89 Å². The smallest absolute Gasteiger partial charge is 0.240 e. The maximum atomic E-state index is 13.9. The van der Waals surface area contributed by atoms with Crippen LogP contribution in [0.3, 0.4) is 0 Å².